The lowest BCUT2D eigenvalue weighted by Crippen LogP contribution is -2.41. The Bertz CT molecular complexity index is 136. The first-order chi connectivity index (χ1) is 5.83. The molecule has 0 unspecified atom stereocenters. The van der Waals surface area contributed by atoms with Gasteiger partial charge < -0.3 is 15.6 Å². The summed E-state index contributed by atoms with van der Waals surface area (Å²) in [5.41, 5.74) is 4.75. The summed E-state index contributed by atoms with van der Waals surface area (Å²) in [6.45, 7) is 8.59. The normalized spacial score (nSPS) is 13.4. The molecule has 13 heavy (non-hydrogen) atoms. The Balaban J connectivity index is 3.74. The second kappa shape index (κ2) is 4.94. The van der Waals surface area contributed by atoms with E-state index in [-0.39, 0.29) is 5.54 Å². The Kier molecular flexibility index (Phi) is 4.89. The average Bonchev–Trinajstić information content (AvgIpc) is 2.02. The van der Waals surface area contributed by atoms with Crippen LogP contribution >= 0.6 is 0 Å². The molecule has 0 bridgehead atoms. The highest BCUT2D eigenvalue weighted by Crippen LogP contribution is 2.15. The van der Waals surface area contributed by atoms with E-state index in [9.17, 15) is 5.11 Å². The molecule has 0 aliphatic carbocycles. The topological polar surface area (TPSA) is 55.5 Å². The van der Waals surface area contributed by atoms with Crippen LogP contribution in [0.1, 0.15) is 40.5 Å². The van der Waals surface area contributed by atoms with E-state index in [1.807, 2.05) is 27.7 Å². The summed E-state index contributed by atoms with van der Waals surface area (Å²) in [4.78, 5) is 0. The van der Waals surface area contributed by atoms with Gasteiger partial charge in [-0.15, -0.1) is 0 Å². The summed E-state index contributed by atoms with van der Waals surface area (Å²) in [7, 11) is 0. The molecule has 0 heterocycles. The molecule has 3 heteroatoms. The van der Waals surface area contributed by atoms with Crippen molar-refractivity contribution in [1.82, 2.24) is 0 Å². The Morgan fingerprint density at radius 2 is 1.62 bits per heavy atom. The third kappa shape index (κ3) is 6.02. The smallest absolute Gasteiger partial charge is 0.0874 e. The fourth-order valence-electron chi connectivity index (χ4n) is 0.958. The summed E-state index contributed by atoms with van der Waals surface area (Å²) in [5.74, 6) is 0. The van der Waals surface area contributed by atoms with Gasteiger partial charge in [-0.2, -0.15) is 0 Å². The van der Waals surface area contributed by atoms with Gasteiger partial charge in [0.1, 0.15) is 0 Å². The molecule has 0 saturated carbocycles. The van der Waals surface area contributed by atoms with Crippen LogP contribution in [-0.4, -0.2) is 29.5 Å². The number of rotatable bonds is 6. The van der Waals surface area contributed by atoms with Crippen molar-refractivity contribution in [3.05, 3.63) is 0 Å². The van der Waals surface area contributed by atoms with Gasteiger partial charge in [0.15, 0.2) is 0 Å². The van der Waals surface area contributed by atoms with Gasteiger partial charge >= 0.3 is 0 Å². The largest absolute Gasteiger partial charge is 0.388 e. The van der Waals surface area contributed by atoms with Crippen LogP contribution in [0.5, 0.6) is 0 Å². The molecule has 0 atom stereocenters. The molecule has 0 aliphatic rings. The van der Waals surface area contributed by atoms with Crippen LogP contribution in [0, 0.1) is 0 Å². The predicted octanol–water partition coefficient (Wildman–Crippen LogP) is 1.29. The molecule has 0 saturated heterocycles. The molecule has 0 aromatic carbocycles. The van der Waals surface area contributed by atoms with Gasteiger partial charge in [-0.05, 0) is 26.7 Å². The van der Waals surface area contributed by atoms with Crippen LogP contribution in [0.4, 0.5) is 0 Å². The van der Waals surface area contributed by atoms with E-state index in [1.165, 1.54) is 0 Å². The lowest BCUT2D eigenvalue weighted by molar-refractivity contribution is -0.0586. The summed E-state index contributed by atoms with van der Waals surface area (Å²) in [5, 5.41) is 9.86. The third-order valence-electron chi connectivity index (χ3n) is 2.16. The molecule has 0 radical (unpaired) electrons. The zero-order valence-electron chi connectivity index (χ0n) is 9.26. The fraction of sp³-hybridized carbons (Fsp3) is 1.00. The predicted molar refractivity (Wildman–Crippen MR) is 54.6 cm³/mol. The van der Waals surface area contributed by atoms with Crippen LogP contribution in [-0.2, 0) is 4.74 Å². The highest BCUT2D eigenvalue weighted by molar-refractivity contribution is 4.76. The number of aliphatic hydroxyl groups is 1. The number of nitrogens with two attached hydrogens (primary N) is 1. The van der Waals surface area contributed by atoms with Crippen molar-refractivity contribution in [2.45, 2.75) is 51.7 Å². The molecule has 3 N–H and O–H groups in total. The van der Waals surface area contributed by atoms with E-state index >= 15 is 0 Å². The molecule has 0 fully saturated rings. The van der Waals surface area contributed by atoms with Crippen LogP contribution in [0.25, 0.3) is 0 Å². The Hall–Kier alpha value is -0.120. The van der Waals surface area contributed by atoms with Gasteiger partial charge in [-0.1, -0.05) is 13.8 Å². The van der Waals surface area contributed by atoms with Crippen LogP contribution in [0.15, 0.2) is 0 Å². The maximum atomic E-state index is 9.86. The summed E-state index contributed by atoms with van der Waals surface area (Å²) in [6, 6.07) is 0. The zero-order chi connectivity index (χ0) is 10.5. The van der Waals surface area contributed by atoms with Gasteiger partial charge in [0, 0.05) is 5.54 Å². The van der Waals surface area contributed by atoms with Crippen molar-refractivity contribution in [3.8, 4) is 0 Å². The van der Waals surface area contributed by atoms with Gasteiger partial charge in [0.2, 0.25) is 0 Å². The molecular weight excluding hydrogens is 166 g/mol. The average molecular weight is 189 g/mol. The molecule has 3 nitrogen and oxygen atoms in total. The number of hydrogen-bond acceptors (Lipinski definition) is 3. The molecule has 0 aliphatic heterocycles. The minimum Gasteiger partial charge on any atom is -0.388 e. The standard InChI is InChI=1S/C10H23NO2/c1-5-10(12,6-2)8-13-7-9(3,4)11/h12H,5-8,11H2,1-4H3. The van der Waals surface area contributed by atoms with Crippen molar-refractivity contribution in [2.24, 2.45) is 5.73 Å². The van der Waals surface area contributed by atoms with E-state index in [0.717, 1.165) is 0 Å². The van der Waals surface area contributed by atoms with Crippen molar-refractivity contribution >= 4 is 0 Å². The first kappa shape index (κ1) is 12.9. The Morgan fingerprint density at radius 3 is 1.92 bits per heavy atom. The minimum atomic E-state index is -0.675. The SMILES string of the molecule is CCC(O)(CC)COCC(C)(C)N. The molecule has 0 aromatic rings. The van der Waals surface area contributed by atoms with Crippen LogP contribution in [0.2, 0.25) is 0 Å². The number of hydrogen-bond donors (Lipinski definition) is 2. The van der Waals surface area contributed by atoms with Crippen LogP contribution < -0.4 is 5.73 Å². The lowest BCUT2D eigenvalue weighted by atomic mass is 9.99. The van der Waals surface area contributed by atoms with Gasteiger partial charge in [-0.3, -0.25) is 0 Å². The monoisotopic (exact) mass is 189 g/mol. The zero-order valence-corrected chi connectivity index (χ0v) is 9.26. The second-order valence-electron chi connectivity index (χ2n) is 4.41. The molecule has 0 spiro atoms. The first-order valence-corrected chi connectivity index (χ1v) is 4.92. The van der Waals surface area contributed by atoms with E-state index in [4.69, 9.17) is 10.5 Å². The summed E-state index contributed by atoms with van der Waals surface area (Å²) in [6.07, 6.45) is 1.43. The minimum absolute atomic E-state index is 0.317. The lowest BCUT2D eigenvalue weighted by Gasteiger charge is -2.27. The molecule has 0 rings (SSSR count). The van der Waals surface area contributed by atoms with E-state index in [0.29, 0.717) is 26.1 Å². The van der Waals surface area contributed by atoms with E-state index in [2.05, 4.69) is 0 Å². The molecule has 0 aromatic heterocycles. The van der Waals surface area contributed by atoms with Crippen molar-refractivity contribution in [2.75, 3.05) is 13.2 Å². The second-order valence-corrected chi connectivity index (χ2v) is 4.41. The van der Waals surface area contributed by atoms with Crippen molar-refractivity contribution in [1.29, 1.82) is 0 Å². The van der Waals surface area contributed by atoms with Gasteiger partial charge in [-0.25, -0.2) is 0 Å². The fourth-order valence-corrected chi connectivity index (χ4v) is 0.958. The summed E-state index contributed by atoms with van der Waals surface area (Å²) >= 11 is 0. The summed E-state index contributed by atoms with van der Waals surface area (Å²) < 4.78 is 5.37. The van der Waals surface area contributed by atoms with Crippen molar-refractivity contribution < 1.29 is 9.84 Å². The molecule has 0 amide bonds. The highest BCUT2D eigenvalue weighted by Gasteiger charge is 2.23. The van der Waals surface area contributed by atoms with E-state index < -0.39 is 5.60 Å². The quantitative estimate of drug-likeness (QED) is 0.662. The van der Waals surface area contributed by atoms with Gasteiger partial charge in [0.05, 0.1) is 18.8 Å². The van der Waals surface area contributed by atoms with Crippen LogP contribution in [0.3, 0.4) is 0 Å². The third-order valence-corrected chi connectivity index (χ3v) is 2.16. The van der Waals surface area contributed by atoms with Crippen molar-refractivity contribution in [3.63, 3.8) is 0 Å². The van der Waals surface area contributed by atoms with Gasteiger partial charge in [0.25, 0.3) is 0 Å². The Labute approximate surface area is 81.3 Å². The molecular formula is C10H23NO2. The Morgan fingerprint density at radius 1 is 1.15 bits per heavy atom. The first-order valence-electron chi connectivity index (χ1n) is 4.92. The van der Waals surface area contributed by atoms with E-state index in [1.54, 1.807) is 0 Å². The highest BCUT2D eigenvalue weighted by atomic mass is 16.5. The number of ether oxygens (including phenoxy) is 1. The molecule has 80 valence electrons. The maximum absolute atomic E-state index is 9.86. The maximum Gasteiger partial charge on any atom is 0.0874 e.